The van der Waals surface area contributed by atoms with Gasteiger partial charge in [-0.05, 0) is 32.8 Å². The molecule has 16 heavy (non-hydrogen) atoms. The molecule has 0 aromatic heterocycles. The Balaban J connectivity index is 1.60. The molecule has 2 unspecified atom stereocenters. The lowest BCUT2D eigenvalue weighted by Gasteiger charge is -2.21. The Morgan fingerprint density at radius 1 is 1.31 bits per heavy atom. The SMILES string of the molecule is CC1(C)OCC(CNCC2CCC=CO2)O1. The van der Waals surface area contributed by atoms with Crippen LogP contribution in [0.2, 0.25) is 0 Å². The smallest absolute Gasteiger partial charge is 0.163 e. The third-order valence-corrected chi connectivity index (χ3v) is 2.83. The van der Waals surface area contributed by atoms with E-state index in [1.807, 2.05) is 13.8 Å². The molecule has 0 aromatic carbocycles. The molecule has 0 saturated carbocycles. The summed E-state index contributed by atoms with van der Waals surface area (Å²) in [6.45, 7) is 6.27. The molecule has 2 heterocycles. The van der Waals surface area contributed by atoms with Crippen LogP contribution in [-0.2, 0) is 14.2 Å². The molecule has 0 spiro atoms. The van der Waals surface area contributed by atoms with E-state index in [9.17, 15) is 0 Å². The predicted molar refractivity (Wildman–Crippen MR) is 61.0 cm³/mol. The van der Waals surface area contributed by atoms with Crippen LogP contribution in [0.3, 0.4) is 0 Å². The number of allylic oxidation sites excluding steroid dienone is 1. The number of hydrogen-bond acceptors (Lipinski definition) is 4. The van der Waals surface area contributed by atoms with Crippen LogP contribution in [-0.4, -0.2) is 37.7 Å². The van der Waals surface area contributed by atoms with Gasteiger partial charge in [-0.2, -0.15) is 0 Å². The highest BCUT2D eigenvalue weighted by Gasteiger charge is 2.32. The molecule has 2 aliphatic rings. The van der Waals surface area contributed by atoms with Gasteiger partial charge in [0.2, 0.25) is 0 Å². The first-order valence-corrected chi connectivity index (χ1v) is 5.99. The summed E-state index contributed by atoms with van der Waals surface area (Å²) >= 11 is 0. The van der Waals surface area contributed by atoms with Crippen molar-refractivity contribution < 1.29 is 14.2 Å². The molecule has 4 heteroatoms. The topological polar surface area (TPSA) is 39.7 Å². The molecule has 2 atom stereocenters. The number of nitrogens with one attached hydrogen (secondary N) is 1. The summed E-state index contributed by atoms with van der Waals surface area (Å²) in [6.07, 6.45) is 6.54. The largest absolute Gasteiger partial charge is 0.497 e. The molecule has 92 valence electrons. The molecule has 0 bridgehead atoms. The Labute approximate surface area is 96.9 Å². The van der Waals surface area contributed by atoms with Crippen molar-refractivity contribution in [1.29, 1.82) is 0 Å². The fraction of sp³-hybridized carbons (Fsp3) is 0.833. The van der Waals surface area contributed by atoms with Crippen molar-refractivity contribution in [3.05, 3.63) is 12.3 Å². The van der Waals surface area contributed by atoms with Crippen molar-refractivity contribution in [3.63, 3.8) is 0 Å². The van der Waals surface area contributed by atoms with E-state index >= 15 is 0 Å². The van der Waals surface area contributed by atoms with Crippen LogP contribution in [0.25, 0.3) is 0 Å². The molecule has 0 aromatic rings. The van der Waals surface area contributed by atoms with Crippen LogP contribution in [0.15, 0.2) is 12.3 Å². The van der Waals surface area contributed by atoms with Gasteiger partial charge in [0, 0.05) is 13.1 Å². The van der Waals surface area contributed by atoms with Gasteiger partial charge in [0.15, 0.2) is 5.79 Å². The first-order chi connectivity index (χ1) is 7.66. The van der Waals surface area contributed by atoms with Crippen LogP contribution < -0.4 is 5.32 Å². The third-order valence-electron chi connectivity index (χ3n) is 2.83. The van der Waals surface area contributed by atoms with Crippen LogP contribution in [0.1, 0.15) is 26.7 Å². The van der Waals surface area contributed by atoms with Gasteiger partial charge in [0.1, 0.15) is 6.10 Å². The lowest BCUT2D eigenvalue weighted by molar-refractivity contribution is -0.137. The van der Waals surface area contributed by atoms with Gasteiger partial charge in [-0.15, -0.1) is 0 Å². The molecule has 2 aliphatic heterocycles. The van der Waals surface area contributed by atoms with Gasteiger partial charge in [-0.1, -0.05) is 0 Å². The maximum absolute atomic E-state index is 5.70. The summed E-state index contributed by atoms with van der Waals surface area (Å²) in [6, 6.07) is 0. The second-order valence-corrected chi connectivity index (χ2v) is 4.82. The zero-order valence-electron chi connectivity index (χ0n) is 10.1. The maximum atomic E-state index is 5.70. The summed E-state index contributed by atoms with van der Waals surface area (Å²) in [5.41, 5.74) is 0. The van der Waals surface area contributed by atoms with E-state index in [0.717, 1.165) is 25.9 Å². The highest BCUT2D eigenvalue weighted by Crippen LogP contribution is 2.21. The summed E-state index contributed by atoms with van der Waals surface area (Å²) in [7, 11) is 0. The zero-order chi connectivity index (χ0) is 11.4. The maximum Gasteiger partial charge on any atom is 0.163 e. The normalized spacial score (nSPS) is 32.6. The predicted octanol–water partition coefficient (Wildman–Crippen LogP) is 1.42. The van der Waals surface area contributed by atoms with Crippen molar-refractivity contribution in [3.8, 4) is 0 Å². The summed E-state index contributed by atoms with van der Waals surface area (Å²) in [4.78, 5) is 0. The van der Waals surface area contributed by atoms with E-state index in [-0.39, 0.29) is 6.10 Å². The van der Waals surface area contributed by atoms with E-state index in [1.165, 1.54) is 0 Å². The van der Waals surface area contributed by atoms with E-state index in [4.69, 9.17) is 14.2 Å². The standard InChI is InChI=1S/C12H21NO3/c1-12(2)15-9-11(16-12)8-13-7-10-5-3-4-6-14-10/h4,6,10-11,13H,3,5,7-9H2,1-2H3. The molecule has 1 fully saturated rings. The van der Waals surface area contributed by atoms with Crippen LogP contribution in [0.5, 0.6) is 0 Å². The summed E-state index contributed by atoms with van der Waals surface area (Å²) in [5.74, 6) is -0.420. The highest BCUT2D eigenvalue weighted by atomic mass is 16.7. The van der Waals surface area contributed by atoms with E-state index in [2.05, 4.69) is 11.4 Å². The minimum Gasteiger partial charge on any atom is -0.497 e. The first-order valence-electron chi connectivity index (χ1n) is 5.99. The zero-order valence-corrected chi connectivity index (χ0v) is 10.1. The van der Waals surface area contributed by atoms with Crippen molar-refractivity contribution in [1.82, 2.24) is 5.32 Å². The van der Waals surface area contributed by atoms with Gasteiger partial charge in [0.05, 0.1) is 19.0 Å². The molecular formula is C12H21NO3. The van der Waals surface area contributed by atoms with E-state index in [0.29, 0.717) is 12.7 Å². The molecule has 0 amide bonds. The quantitative estimate of drug-likeness (QED) is 0.788. The van der Waals surface area contributed by atoms with Crippen LogP contribution in [0, 0.1) is 0 Å². The fourth-order valence-corrected chi connectivity index (χ4v) is 2.00. The molecule has 4 nitrogen and oxygen atoms in total. The minimum absolute atomic E-state index is 0.161. The van der Waals surface area contributed by atoms with E-state index in [1.54, 1.807) is 6.26 Å². The third kappa shape index (κ3) is 3.47. The lowest BCUT2D eigenvalue weighted by atomic mass is 10.1. The second kappa shape index (κ2) is 5.17. The minimum atomic E-state index is -0.420. The first kappa shape index (κ1) is 11.9. The van der Waals surface area contributed by atoms with Gasteiger partial charge >= 0.3 is 0 Å². The number of hydrogen-bond donors (Lipinski definition) is 1. The van der Waals surface area contributed by atoms with Crippen molar-refractivity contribution in [2.45, 2.75) is 44.7 Å². The molecular weight excluding hydrogens is 206 g/mol. The Kier molecular flexibility index (Phi) is 3.84. The van der Waals surface area contributed by atoms with Crippen LogP contribution in [0.4, 0.5) is 0 Å². The second-order valence-electron chi connectivity index (χ2n) is 4.82. The Hall–Kier alpha value is -0.580. The number of ether oxygens (including phenoxy) is 3. The lowest BCUT2D eigenvalue weighted by Crippen LogP contribution is -2.36. The van der Waals surface area contributed by atoms with Crippen molar-refractivity contribution in [2.24, 2.45) is 0 Å². The summed E-state index contributed by atoms with van der Waals surface area (Å²) in [5, 5.41) is 3.37. The summed E-state index contributed by atoms with van der Waals surface area (Å²) < 4.78 is 16.7. The molecule has 0 aliphatic carbocycles. The number of rotatable bonds is 4. The highest BCUT2D eigenvalue weighted by molar-refractivity contribution is 4.83. The monoisotopic (exact) mass is 227 g/mol. The van der Waals surface area contributed by atoms with Gasteiger partial charge in [-0.25, -0.2) is 0 Å². The van der Waals surface area contributed by atoms with Gasteiger partial charge in [0.25, 0.3) is 0 Å². The van der Waals surface area contributed by atoms with Gasteiger partial charge in [-0.3, -0.25) is 0 Å². The molecule has 1 N–H and O–H groups in total. The molecule has 2 rings (SSSR count). The fourth-order valence-electron chi connectivity index (χ4n) is 2.00. The van der Waals surface area contributed by atoms with E-state index < -0.39 is 5.79 Å². The van der Waals surface area contributed by atoms with Crippen molar-refractivity contribution >= 4 is 0 Å². The molecule has 1 saturated heterocycles. The Bertz CT molecular complexity index is 253. The average molecular weight is 227 g/mol. The Morgan fingerprint density at radius 2 is 2.12 bits per heavy atom. The Morgan fingerprint density at radius 3 is 2.75 bits per heavy atom. The van der Waals surface area contributed by atoms with Gasteiger partial charge < -0.3 is 19.5 Å². The van der Waals surface area contributed by atoms with Crippen LogP contribution >= 0.6 is 0 Å². The average Bonchev–Trinajstić information content (AvgIpc) is 2.60. The molecule has 0 radical (unpaired) electrons. The van der Waals surface area contributed by atoms with Crippen molar-refractivity contribution in [2.75, 3.05) is 19.7 Å².